The fourth-order valence-electron chi connectivity index (χ4n) is 3.17. The molecule has 8 heteroatoms. The number of hydrogen-bond acceptors (Lipinski definition) is 3. The summed E-state index contributed by atoms with van der Waals surface area (Å²) in [6.45, 7) is 3.12. The molecule has 24 heavy (non-hydrogen) atoms. The van der Waals surface area contributed by atoms with Crippen molar-refractivity contribution in [3.63, 3.8) is 0 Å². The van der Waals surface area contributed by atoms with Crippen molar-refractivity contribution >= 4 is 22.0 Å². The predicted molar refractivity (Wildman–Crippen MR) is 87.1 cm³/mol. The third-order valence-electron chi connectivity index (χ3n) is 4.04. The van der Waals surface area contributed by atoms with E-state index in [-0.39, 0.29) is 17.9 Å². The minimum atomic E-state index is -1.17. The lowest BCUT2D eigenvalue weighted by atomic mass is 9.97. The monoisotopic (exact) mass is 407 g/mol. The molecule has 1 aromatic rings. The summed E-state index contributed by atoms with van der Waals surface area (Å²) in [4.78, 5) is 12.6. The second-order valence-corrected chi connectivity index (χ2v) is 7.62. The number of ether oxygens (including phenoxy) is 1. The van der Waals surface area contributed by atoms with Gasteiger partial charge in [0.2, 0.25) is 0 Å². The van der Waals surface area contributed by atoms with E-state index in [0.29, 0.717) is 12.0 Å². The molecular weight excluding hydrogens is 388 g/mol. The van der Waals surface area contributed by atoms with Crippen LogP contribution in [0.3, 0.4) is 0 Å². The highest BCUT2D eigenvalue weighted by Gasteiger charge is 2.50. The van der Waals surface area contributed by atoms with Crippen molar-refractivity contribution in [2.45, 2.75) is 49.4 Å². The van der Waals surface area contributed by atoms with E-state index in [2.05, 4.69) is 15.9 Å². The van der Waals surface area contributed by atoms with Crippen molar-refractivity contribution in [2.75, 3.05) is 6.61 Å². The molecule has 1 amide bonds. The molecule has 0 aromatic heterocycles. The maximum atomic E-state index is 13.4. The van der Waals surface area contributed by atoms with Crippen molar-refractivity contribution < 1.29 is 28.5 Å². The van der Waals surface area contributed by atoms with Gasteiger partial charge in [0.1, 0.15) is 17.4 Å². The Labute approximate surface area is 147 Å². The van der Waals surface area contributed by atoms with Crippen LogP contribution in [0, 0.1) is 11.6 Å². The summed E-state index contributed by atoms with van der Waals surface area (Å²) >= 11 is 3.30. The molecule has 0 aliphatic carbocycles. The van der Waals surface area contributed by atoms with Crippen molar-refractivity contribution in [3.05, 3.63) is 35.4 Å². The molecule has 5 nitrogen and oxygen atoms in total. The predicted octanol–water partition coefficient (Wildman–Crippen LogP) is 3.14. The molecule has 1 heterocycles. The van der Waals surface area contributed by atoms with Gasteiger partial charge in [0.25, 0.3) is 0 Å². The van der Waals surface area contributed by atoms with Gasteiger partial charge in [-0.3, -0.25) is 4.90 Å². The molecule has 1 unspecified atom stereocenters. The second kappa shape index (κ2) is 7.33. The van der Waals surface area contributed by atoms with Crippen molar-refractivity contribution in [2.24, 2.45) is 0 Å². The molecule has 1 aliphatic heterocycles. The minimum Gasteiger partial charge on any atom is -0.465 e. The topological polar surface area (TPSA) is 70.0 Å². The normalized spacial score (nSPS) is 24.2. The Morgan fingerprint density at radius 1 is 1.38 bits per heavy atom. The van der Waals surface area contributed by atoms with E-state index in [9.17, 15) is 23.8 Å². The van der Waals surface area contributed by atoms with Crippen molar-refractivity contribution in [1.82, 2.24) is 4.90 Å². The SMILES string of the molecule is CC1(C)O[C@H](CC(Br)CO)[C@H](Cc2cc(F)cc(F)c2)N1C(=O)O. The third-order valence-corrected chi connectivity index (χ3v) is 4.70. The molecule has 1 aromatic carbocycles. The Kier molecular flexibility index (Phi) is 5.83. The molecule has 1 fully saturated rings. The molecule has 0 spiro atoms. The number of rotatable bonds is 5. The van der Waals surface area contributed by atoms with Crippen LogP contribution in [0.5, 0.6) is 0 Å². The number of hydrogen-bond donors (Lipinski definition) is 2. The van der Waals surface area contributed by atoms with Crippen LogP contribution in [0.15, 0.2) is 18.2 Å². The van der Waals surface area contributed by atoms with Crippen molar-refractivity contribution in [1.29, 1.82) is 0 Å². The van der Waals surface area contributed by atoms with Gasteiger partial charge < -0.3 is 14.9 Å². The van der Waals surface area contributed by atoms with Gasteiger partial charge in [0, 0.05) is 10.9 Å². The summed E-state index contributed by atoms with van der Waals surface area (Å²) in [5.41, 5.74) is -0.722. The van der Waals surface area contributed by atoms with Gasteiger partial charge in [-0.2, -0.15) is 0 Å². The second-order valence-electron chi connectivity index (χ2n) is 6.32. The van der Waals surface area contributed by atoms with E-state index in [0.717, 1.165) is 11.0 Å². The highest BCUT2D eigenvalue weighted by atomic mass is 79.9. The van der Waals surface area contributed by atoms with Gasteiger partial charge in [0.05, 0.1) is 18.8 Å². The molecule has 134 valence electrons. The number of carbonyl (C=O) groups is 1. The van der Waals surface area contributed by atoms with Crippen molar-refractivity contribution in [3.8, 4) is 0 Å². The Hall–Kier alpha value is -1.25. The van der Waals surface area contributed by atoms with Gasteiger partial charge >= 0.3 is 6.09 Å². The highest BCUT2D eigenvalue weighted by Crippen LogP contribution is 2.36. The largest absolute Gasteiger partial charge is 0.465 e. The number of amides is 1. The standard InChI is InChI=1S/C16H20BrF2NO4/c1-16(2)20(15(22)23)13(14(24-16)6-10(17)8-21)5-9-3-11(18)7-12(19)4-9/h3-4,7,10,13-14,21H,5-6,8H2,1-2H3,(H,22,23)/t10?,13-,14+/m0/s1. The maximum Gasteiger partial charge on any atom is 0.409 e. The lowest BCUT2D eigenvalue weighted by molar-refractivity contribution is -0.0682. The molecule has 0 saturated carbocycles. The molecule has 0 bridgehead atoms. The maximum absolute atomic E-state index is 13.4. The first kappa shape index (κ1) is 19.1. The van der Waals surface area contributed by atoms with Gasteiger partial charge in [-0.1, -0.05) is 15.9 Å². The molecule has 3 atom stereocenters. The molecular formula is C16H20BrF2NO4. The van der Waals surface area contributed by atoms with Crippen LogP contribution < -0.4 is 0 Å². The number of halogens is 3. The number of alkyl halides is 1. The van der Waals surface area contributed by atoms with Crippen LogP contribution in [-0.4, -0.2) is 50.5 Å². The van der Waals surface area contributed by atoms with E-state index in [4.69, 9.17) is 4.74 Å². The third kappa shape index (κ3) is 4.23. The van der Waals surface area contributed by atoms with Crippen LogP contribution in [0.1, 0.15) is 25.8 Å². The number of aliphatic hydroxyl groups excluding tert-OH is 1. The number of nitrogens with zero attached hydrogens (tertiary/aromatic N) is 1. The fraction of sp³-hybridized carbons (Fsp3) is 0.562. The highest BCUT2D eigenvalue weighted by molar-refractivity contribution is 9.09. The zero-order chi connectivity index (χ0) is 18.1. The summed E-state index contributed by atoms with van der Waals surface area (Å²) < 4.78 is 32.7. The quantitative estimate of drug-likeness (QED) is 0.735. The minimum absolute atomic E-state index is 0.111. The summed E-state index contributed by atoms with van der Waals surface area (Å²) in [5.74, 6) is -1.43. The Balaban J connectivity index is 2.32. The first-order valence-electron chi connectivity index (χ1n) is 7.54. The Morgan fingerprint density at radius 3 is 2.46 bits per heavy atom. The molecule has 2 rings (SSSR count). The number of benzene rings is 1. The molecule has 1 saturated heterocycles. The van der Waals surface area contributed by atoms with Crippen LogP contribution in [-0.2, 0) is 11.2 Å². The van der Waals surface area contributed by atoms with Crippen LogP contribution in [0.4, 0.5) is 13.6 Å². The first-order chi connectivity index (χ1) is 11.1. The lowest BCUT2D eigenvalue weighted by Gasteiger charge is -2.31. The van der Waals surface area contributed by atoms with Crippen LogP contribution in [0.25, 0.3) is 0 Å². The van der Waals surface area contributed by atoms with E-state index in [1.165, 1.54) is 12.1 Å². The van der Waals surface area contributed by atoms with Gasteiger partial charge in [-0.25, -0.2) is 13.6 Å². The Bertz CT molecular complexity index is 593. The average Bonchev–Trinajstić information content (AvgIpc) is 2.67. The zero-order valence-corrected chi connectivity index (χ0v) is 15.0. The van der Waals surface area contributed by atoms with Gasteiger partial charge in [-0.05, 0) is 44.4 Å². The molecule has 2 N–H and O–H groups in total. The fourth-order valence-corrected chi connectivity index (χ4v) is 3.54. The van der Waals surface area contributed by atoms with Crippen LogP contribution in [0.2, 0.25) is 0 Å². The van der Waals surface area contributed by atoms with E-state index < -0.39 is 35.6 Å². The summed E-state index contributed by atoms with van der Waals surface area (Å²) in [7, 11) is 0. The van der Waals surface area contributed by atoms with E-state index >= 15 is 0 Å². The van der Waals surface area contributed by atoms with Gasteiger partial charge in [-0.15, -0.1) is 0 Å². The van der Waals surface area contributed by atoms with Gasteiger partial charge in [0.15, 0.2) is 0 Å². The van der Waals surface area contributed by atoms with E-state index in [1.54, 1.807) is 13.8 Å². The smallest absolute Gasteiger partial charge is 0.409 e. The molecule has 1 aliphatic rings. The summed E-state index contributed by atoms with van der Waals surface area (Å²) in [6.07, 6.45) is -1.20. The number of aliphatic hydroxyl groups is 1. The number of carboxylic acid groups (broad SMARTS) is 1. The average molecular weight is 408 g/mol. The molecule has 0 radical (unpaired) electrons. The Morgan fingerprint density at radius 2 is 1.96 bits per heavy atom. The van der Waals surface area contributed by atoms with E-state index in [1.807, 2.05) is 0 Å². The van der Waals surface area contributed by atoms with Crippen LogP contribution >= 0.6 is 15.9 Å². The summed E-state index contributed by atoms with van der Waals surface area (Å²) in [5, 5.41) is 18.8. The lowest BCUT2D eigenvalue weighted by Crippen LogP contribution is -2.48. The summed E-state index contributed by atoms with van der Waals surface area (Å²) in [6, 6.07) is 2.52. The zero-order valence-electron chi connectivity index (χ0n) is 13.4. The first-order valence-corrected chi connectivity index (χ1v) is 8.45.